The molecule has 0 amide bonds. The van der Waals surface area contributed by atoms with Crippen LogP contribution in [0.2, 0.25) is 0 Å². The average Bonchev–Trinajstić information content (AvgIpc) is 2.22. The highest BCUT2D eigenvalue weighted by Gasteiger charge is 2.22. The van der Waals surface area contributed by atoms with E-state index in [0.717, 1.165) is 0 Å². The molecule has 0 radical (unpaired) electrons. The molecule has 0 aromatic rings. The molecule has 3 heteroatoms. The highest BCUT2D eigenvalue weighted by molar-refractivity contribution is 6.02. The Hall–Kier alpha value is 0.210. The fourth-order valence-corrected chi connectivity index (χ4v) is 2.57. The van der Waals surface area contributed by atoms with Crippen LogP contribution >= 0.6 is 11.9 Å². The van der Waals surface area contributed by atoms with Gasteiger partial charge in [-0.05, 0) is 25.7 Å². The van der Waals surface area contributed by atoms with Gasteiger partial charge in [0, 0.05) is 0 Å². The number of hydrogen-bond donors (Lipinski definition) is 0. The van der Waals surface area contributed by atoms with Crippen molar-refractivity contribution in [2.75, 3.05) is 26.2 Å². The zero-order valence-electron chi connectivity index (χ0n) is 10.9. The van der Waals surface area contributed by atoms with Gasteiger partial charge in [-0.2, -0.15) is 0 Å². The second kappa shape index (κ2) is 12.3. The number of quaternary nitrogens is 1. The van der Waals surface area contributed by atoms with Gasteiger partial charge in [-0.3, -0.25) is 0 Å². The molecule has 15 heavy (non-hydrogen) atoms. The minimum absolute atomic E-state index is 1.33. The molecule has 0 aromatic carbocycles. The van der Waals surface area contributed by atoms with Gasteiger partial charge in [0.15, 0.2) is 0 Å². The zero-order valence-corrected chi connectivity index (χ0v) is 11.6. The summed E-state index contributed by atoms with van der Waals surface area (Å²) in [5, 5.41) is 0. The highest BCUT2D eigenvalue weighted by atomic mass is 35.5. The van der Waals surface area contributed by atoms with Crippen molar-refractivity contribution in [1.29, 1.82) is 0 Å². The van der Waals surface area contributed by atoms with Crippen LogP contribution in [0.25, 0.3) is 0 Å². The van der Waals surface area contributed by atoms with E-state index in [0.29, 0.717) is 0 Å². The fraction of sp³-hybridized carbons (Fsp3) is 1.00. The molecule has 0 aliphatic carbocycles. The van der Waals surface area contributed by atoms with Crippen molar-refractivity contribution in [3.8, 4) is 0 Å². The number of halogens is 1. The lowest BCUT2D eigenvalue weighted by atomic mass is 10.2. The predicted octanol–water partition coefficient (Wildman–Crippen LogP) is 2.94. The van der Waals surface area contributed by atoms with Crippen LogP contribution < -0.4 is 4.66 Å². The van der Waals surface area contributed by atoms with Gasteiger partial charge in [0.2, 0.25) is 0 Å². The molecule has 0 bridgehead atoms. The lowest BCUT2D eigenvalue weighted by molar-refractivity contribution is -0.928. The second-order valence-corrected chi connectivity index (χ2v) is 4.24. The summed E-state index contributed by atoms with van der Waals surface area (Å²) in [6, 6.07) is 0. The SMILES string of the molecule is CCC[N+](CCC)(CCC)CCC.[O-]Cl. The Kier molecular flexibility index (Phi) is 14.4. The van der Waals surface area contributed by atoms with E-state index in [1.165, 1.54) is 56.3 Å². The summed E-state index contributed by atoms with van der Waals surface area (Å²) in [4.78, 5) is 0. The molecule has 0 saturated carbocycles. The van der Waals surface area contributed by atoms with E-state index in [2.05, 4.69) is 39.6 Å². The van der Waals surface area contributed by atoms with Crippen LogP contribution in [0.1, 0.15) is 53.4 Å². The largest absolute Gasteiger partial charge is 0.769 e. The fourth-order valence-electron chi connectivity index (χ4n) is 2.57. The van der Waals surface area contributed by atoms with Crippen LogP contribution in [0, 0.1) is 0 Å². The Morgan fingerprint density at radius 2 is 0.867 bits per heavy atom. The third kappa shape index (κ3) is 8.06. The molecule has 94 valence electrons. The Morgan fingerprint density at radius 1 is 0.667 bits per heavy atom. The normalized spacial score (nSPS) is 10.8. The molecule has 0 atom stereocenters. The summed E-state index contributed by atoms with van der Waals surface area (Å²) < 4.78 is 9.10. The van der Waals surface area contributed by atoms with Crippen LogP contribution in [-0.4, -0.2) is 30.7 Å². The summed E-state index contributed by atoms with van der Waals surface area (Å²) in [7, 11) is 0. The van der Waals surface area contributed by atoms with Gasteiger partial charge in [0.1, 0.15) is 0 Å². The molecule has 0 fully saturated rings. The summed E-state index contributed by atoms with van der Waals surface area (Å²) in [5.74, 6) is 0. The Balaban J connectivity index is 0. The van der Waals surface area contributed by atoms with Gasteiger partial charge in [-0.25, -0.2) is 11.9 Å². The smallest absolute Gasteiger partial charge is 0.0783 e. The summed E-state index contributed by atoms with van der Waals surface area (Å²) in [6.45, 7) is 14.8. The van der Waals surface area contributed by atoms with Gasteiger partial charge in [-0.15, -0.1) is 0 Å². The van der Waals surface area contributed by atoms with Crippen molar-refractivity contribution < 1.29 is 9.14 Å². The zero-order chi connectivity index (χ0) is 12.2. The molecule has 0 heterocycles. The van der Waals surface area contributed by atoms with E-state index < -0.39 is 0 Å². The van der Waals surface area contributed by atoms with Crippen molar-refractivity contribution in [2.45, 2.75) is 53.4 Å². The standard InChI is InChI=1S/C12H28N.ClO/c1-5-9-13(10-6-2,11-7-3)12-8-4;1-2/h5-12H2,1-4H3;/q+1;-1. The van der Waals surface area contributed by atoms with Gasteiger partial charge < -0.3 is 9.14 Å². The van der Waals surface area contributed by atoms with Crippen LogP contribution in [0.3, 0.4) is 0 Å². The lowest BCUT2D eigenvalue weighted by Crippen LogP contribution is -2.50. The van der Waals surface area contributed by atoms with Crippen molar-refractivity contribution in [1.82, 2.24) is 0 Å². The van der Waals surface area contributed by atoms with Crippen LogP contribution in [-0.2, 0) is 0 Å². The highest BCUT2D eigenvalue weighted by Crippen LogP contribution is 2.12. The molecule has 0 aromatic heterocycles. The Bertz CT molecular complexity index is 90.7. The summed E-state index contributed by atoms with van der Waals surface area (Å²) in [5.41, 5.74) is 0. The quantitative estimate of drug-likeness (QED) is 0.596. The van der Waals surface area contributed by atoms with E-state index >= 15 is 0 Å². The monoisotopic (exact) mass is 237 g/mol. The van der Waals surface area contributed by atoms with Crippen molar-refractivity contribution in [3.63, 3.8) is 0 Å². The molecule has 0 aliphatic heterocycles. The Morgan fingerprint density at radius 3 is 1.00 bits per heavy atom. The molecular weight excluding hydrogens is 210 g/mol. The average molecular weight is 238 g/mol. The van der Waals surface area contributed by atoms with Gasteiger partial charge >= 0.3 is 0 Å². The maximum absolute atomic E-state index is 7.72. The molecule has 0 unspecified atom stereocenters. The molecule has 2 nitrogen and oxygen atoms in total. The van der Waals surface area contributed by atoms with Crippen molar-refractivity contribution in [2.24, 2.45) is 0 Å². The van der Waals surface area contributed by atoms with Crippen LogP contribution in [0.4, 0.5) is 0 Å². The number of nitrogens with zero attached hydrogens (tertiary/aromatic N) is 1. The second-order valence-electron chi connectivity index (χ2n) is 4.24. The lowest BCUT2D eigenvalue weighted by Gasteiger charge is -2.38. The van der Waals surface area contributed by atoms with Crippen LogP contribution in [0.15, 0.2) is 0 Å². The number of rotatable bonds is 8. The van der Waals surface area contributed by atoms with E-state index in [1.54, 1.807) is 0 Å². The molecule has 0 saturated heterocycles. The van der Waals surface area contributed by atoms with E-state index in [1.807, 2.05) is 0 Å². The molecule has 0 N–H and O–H groups in total. The minimum atomic E-state index is 1.33. The summed E-state index contributed by atoms with van der Waals surface area (Å²) in [6.07, 6.45) is 5.33. The van der Waals surface area contributed by atoms with Gasteiger partial charge in [-0.1, -0.05) is 27.7 Å². The third-order valence-electron chi connectivity index (χ3n) is 2.79. The predicted molar refractivity (Wildman–Crippen MR) is 66.7 cm³/mol. The molecular formula is C12H28ClNO. The van der Waals surface area contributed by atoms with Crippen LogP contribution in [0.5, 0.6) is 0 Å². The minimum Gasteiger partial charge on any atom is -0.769 e. The maximum Gasteiger partial charge on any atom is 0.0783 e. The molecule has 0 rings (SSSR count). The Labute approximate surface area is 101 Å². The van der Waals surface area contributed by atoms with Crippen molar-refractivity contribution in [3.05, 3.63) is 0 Å². The van der Waals surface area contributed by atoms with Crippen molar-refractivity contribution >= 4 is 11.9 Å². The molecule has 0 aliphatic rings. The van der Waals surface area contributed by atoms with Gasteiger partial charge in [0.25, 0.3) is 0 Å². The van der Waals surface area contributed by atoms with E-state index in [4.69, 9.17) is 4.66 Å². The first kappa shape index (κ1) is 17.6. The maximum atomic E-state index is 7.72. The van der Waals surface area contributed by atoms with Gasteiger partial charge in [0.05, 0.1) is 26.2 Å². The van der Waals surface area contributed by atoms with E-state index in [9.17, 15) is 0 Å². The first-order valence-corrected chi connectivity index (χ1v) is 6.56. The first-order chi connectivity index (χ1) is 7.24. The first-order valence-electron chi connectivity index (χ1n) is 6.25. The number of hydrogen-bond acceptors (Lipinski definition) is 1. The van der Waals surface area contributed by atoms with E-state index in [-0.39, 0.29) is 0 Å². The topological polar surface area (TPSA) is 23.1 Å². The third-order valence-corrected chi connectivity index (χ3v) is 2.79. The summed E-state index contributed by atoms with van der Waals surface area (Å²) >= 11 is 3.39. The molecule has 0 spiro atoms.